The number of carbonyl (C=O) groups excluding carboxylic acids is 1. The molecule has 3 aromatic carbocycles. The van der Waals surface area contributed by atoms with Crippen LogP contribution in [0, 0.1) is 0 Å². The summed E-state index contributed by atoms with van der Waals surface area (Å²) in [6.45, 7) is 0. The van der Waals surface area contributed by atoms with Gasteiger partial charge in [-0.05, 0) is 66.7 Å². The first-order valence-electron chi connectivity index (χ1n) is 10.5. The smallest absolute Gasteiger partial charge is 0.291 e. The fourth-order valence-electron chi connectivity index (χ4n) is 3.29. The molecule has 9 nitrogen and oxygen atoms in total. The molecule has 0 unspecified atom stereocenters. The molecule has 0 aliphatic heterocycles. The van der Waals surface area contributed by atoms with Crippen molar-refractivity contribution < 1.29 is 22.2 Å². The lowest BCUT2D eigenvalue weighted by Gasteiger charge is -2.08. The molecule has 0 fully saturated rings. The van der Waals surface area contributed by atoms with Crippen LogP contribution in [0.25, 0.3) is 22.8 Å². The number of hydrogen-bond donors (Lipinski definition) is 2. The first kappa shape index (κ1) is 22.1. The summed E-state index contributed by atoms with van der Waals surface area (Å²) in [5.74, 6) is 0.428. The maximum absolute atomic E-state index is 12.5. The van der Waals surface area contributed by atoms with Gasteiger partial charge in [-0.25, -0.2) is 8.42 Å². The zero-order chi connectivity index (χ0) is 24.3. The van der Waals surface area contributed by atoms with Gasteiger partial charge < -0.3 is 14.3 Å². The quantitative estimate of drug-likeness (QED) is 0.329. The van der Waals surface area contributed by atoms with Crippen molar-refractivity contribution in [3.63, 3.8) is 0 Å². The van der Waals surface area contributed by atoms with Crippen LogP contribution in [0.2, 0.25) is 0 Å². The molecule has 2 N–H and O–H groups in total. The van der Waals surface area contributed by atoms with E-state index in [-0.39, 0.29) is 22.5 Å². The number of amides is 1. The van der Waals surface area contributed by atoms with Crippen LogP contribution in [-0.2, 0) is 10.0 Å². The molecule has 5 rings (SSSR count). The summed E-state index contributed by atoms with van der Waals surface area (Å²) in [5, 5.41) is 6.77. The molecule has 5 aromatic rings. The second-order valence-corrected chi connectivity index (χ2v) is 9.11. The molecule has 10 heteroatoms. The fraction of sp³-hybridized carbons (Fsp3) is 0. The minimum atomic E-state index is -3.69. The Balaban J connectivity index is 1.30. The van der Waals surface area contributed by atoms with Gasteiger partial charge in [0.15, 0.2) is 5.76 Å². The molecule has 0 bridgehead atoms. The van der Waals surface area contributed by atoms with Crippen molar-refractivity contribution in [1.82, 2.24) is 10.1 Å². The van der Waals surface area contributed by atoms with Crippen molar-refractivity contribution in [3.8, 4) is 22.8 Å². The van der Waals surface area contributed by atoms with E-state index >= 15 is 0 Å². The van der Waals surface area contributed by atoms with Crippen LogP contribution in [-0.4, -0.2) is 24.5 Å². The van der Waals surface area contributed by atoms with Crippen LogP contribution in [0.3, 0.4) is 0 Å². The standard InChI is InChI=1S/C25H18N4O5S/c30-24(22-10-5-15-33-22)26-20-7-4-6-18(16-20)25-27-23(28-34-25)17-11-13-19(14-12-17)29-35(31,32)21-8-2-1-3-9-21/h1-16,29H,(H,26,30). The van der Waals surface area contributed by atoms with Crippen LogP contribution in [0.1, 0.15) is 10.6 Å². The van der Waals surface area contributed by atoms with Crippen LogP contribution in [0.4, 0.5) is 11.4 Å². The third-order valence-corrected chi connectivity index (χ3v) is 6.38. The van der Waals surface area contributed by atoms with Crippen molar-refractivity contribution in [1.29, 1.82) is 0 Å². The third-order valence-electron chi connectivity index (χ3n) is 4.99. The van der Waals surface area contributed by atoms with E-state index in [1.165, 1.54) is 18.4 Å². The molecule has 174 valence electrons. The molecule has 0 saturated heterocycles. The van der Waals surface area contributed by atoms with Gasteiger partial charge in [-0.1, -0.05) is 29.4 Å². The Morgan fingerprint density at radius 1 is 0.800 bits per heavy atom. The number of furan rings is 1. The zero-order valence-electron chi connectivity index (χ0n) is 18.1. The average molecular weight is 487 g/mol. The monoisotopic (exact) mass is 486 g/mol. The van der Waals surface area contributed by atoms with E-state index in [0.29, 0.717) is 28.3 Å². The lowest BCUT2D eigenvalue weighted by molar-refractivity contribution is 0.0996. The Morgan fingerprint density at radius 3 is 2.34 bits per heavy atom. The second kappa shape index (κ2) is 9.27. The molecule has 2 heterocycles. The molecule has 35 heavy (non-hydrogen) atoms. The molecular weight excluding hydrogens is 468 g/mol. The van der Waals surface area contributed by atoms with Crippen molar-refractivity contribution in [3.05, 3.63) is 103 Å². The van der Waals surface area contributed by atoms with Gasteiger partial charge in [0, 0.05) is 22.5 Å². The first-order chi connectivity index (χ1) is 17.0. The molecule has 2 aromatic heterocycles. The highest BCUT2D eigenvalue weighted by atomic mass is 32.2. The lowest BCUT2D eigenvalue weighted by Crippen LogP contribution is -2.12. The van der Waals surface area contributed by atoms with Gasteiger partial charge in [-0.2, -0.15) is 4.98 Å². The number of nitrogens with zero attached hydrogens (tertiary/aromatic N) is 2. The predicted octanol–water partition coefficient (Wildman–Crippen LogP) is 5.05. The molecule has 0 atom stereocenters. The van der Waals surface area contributed by atoms with E-state index in [4.69, 9.17) is 8.94 Å². The van der Waals surface area contributed by atoms with Crippen LogP contribution in [0.15, 0.2) is 111 Å². The number of anilines is 2. The fourth-order valence-corrected chi connectivity index (χ4v) is 4.37. The van der Waals surface area contributed by atoms with Crippen LogP contribution >= 0.6 is 0 Å². The van der Waals surface area contributed by atoms with Gasteiger partial charge in [0.25, 0.3) is 21.8 Å². The maximum atomic E-state index is 12.5. The molecule has 0 saturated carbocycles. The van der Waals surface area contributed by atoms with Crippen LogP contribution < -0.4 is 10.0 Å². The summed E-state index contributed by atoms with van der Waals surface area (Å²) >= 11 is 0. The normalized spacial score (nSPS) is 11.2. The molecule has 0 radical (unpaired) electrons. The summed E-state index contributed by atoms with van der Waals surface area (Å²) in [6, 6.07) is 24.9. The topological polar surface area (TPSA) is 127 Å². The number of sulfonamides is 1. The largest absolute Gasteiger partial charge is 0.459 e. The van der Waals surface area contributed by atoms with Crippen molar-refractivity contribution in [2.75, 3.05) is 10.0 Å². The van der Waals surface area contributed by atoms with Gasteiger partial charge >= 0.3 is 0 Å². The van der Waals surface area contributed by atoms with E-state index in [1.807, 2.05) is 0 Å². The van der Waals surface area contributed by atoms with Gasteiger partial charge in [-0.3, -0.25) is 9.52 Å². The molecule has 0 spiro atoms. The predicted molar refractivity (Wildman–Crippen MR) is 129 cm³/mol. The minimum absolute atomic E-state index is 0.175. The Morgan fingerprint density at radius 2 is 1.60 bits per heavy atom. The number of hydrogen-bond acceptors (Lipinski definition) is 7. The highest BCUT2D eigenvalue weighted by Crippen LogP contribution is 2.26. The minimum Gasteiger partial charge on any atom is -0.459 e. The highest BCUT2D eigenvalue weighted by Gasteiger charge is 2.15. The summed E-state index contributed by atoms with van der Waals surface area (Å²) in [6.07, 6.45) is 1.43. The van der Waals surface area contributed by atoms with Gasteiger partial charge in [0.2, 0.25) is 5.82 Å². The second-order valence-electron chi connectivity index (χ2n) is 7.43. The Kier molecular flexibility index (Phi) is 5.86. The summed E-state index contributed by atoms with van der Waals surface area (Å²) in [5.41, 5.74) is 2.21. The highest BCUT2D eigenvalue weighted by molar-refractivity contribution is 7.92. The van der Waals surface area contributed by atoms with Gasteiger partial charge in [0.1, 0.15) is 0 Å². The SMILES string of the molecule is O=C(Nc1cccc(-c2nc(-c3ccc(NS(=O)(=O)c4ccccc4)cc3)no2)c1)c1ccco1. The maximum Gasteiger partial charge on any atom is 0.291 e. The molecule has 0 aliphatic rings. The van der Waals surface area contributed by atoms with E-state index in [9.17, 15) is 13.2 Å². The summed E-state index contributed by atoms with van der Waals surface area (Å²) < 4.78 is 38.0. The number of nitrogens with one attached hydrogen (secondary N) is 2. The van der Waals surface area contributed by atoms with E-state index < -0.39 is 10.0 Å². The van der Waals surface area contributed by atoms with Crippen molar-refractivity contribution in [2.45, 2.75) is 4.90 Å². The van der Waals surface area contributed by atoms with E-state index in [0.717, 1.165) is 0 Å². The molecule has 1 amide bonds. The third kappa shape index (κ3) is 4.97. The number of carbonyl (C=O) groups is 1. The van der Waals surface area contributed by atoms with Crippen molar-refractivity contribution >= 4 is 27.3 Å². The van der Waals surface area contributed by atoms with Crippen LogP contribution in [0.5, 0.6) is 0 Å². The number of aromatic nitrogens is 2. The Bertz CT molecular complexity index is 1560. The first-order valence-corrected chi connectivity index (χ1v) is 11.9. The van der Waals surface area contributed by atoms with E-state index in [1.54, 1.807) is 78.9 Å². The van der Waals surface area contributed by atoms with Gasteiger partial charge in [0.05, 0.1) is 11.2 Å². The lowest BCUT2D eigenvalue weighted by atomic mass is 10.2. The Labute approximate surface area is 200 Å². The zero-order valence-corrected chi connectivity index (χ0v) is 18.9. The molecular formula is C25H18N4O5S. The van der Waals surface area contributed by atoms with Gasteiger partial charge in [-0.15, -0.1) is 0 Å². The number of rotatable bonds is 7. The Hall–Kier alpha value is -4.70. The summed E-state index contributed by atoms with van der Waals surface area (Å²) in [4.78, 5) is 16.8. The molecule has 0 aliphatic carbocycles. The summed E-state index contributed by atoms with van der Waals surface area (Å²) in [7, 11) is -3.69. The van der Waals surface area contributed by atoms with Crippen molar-refractivity contribution in [2.24, 2.45) is 0 Å². The number of benzene rings is 3. The van der Waals surface area contributed by atoms with E-state index in [2.05, 4.69) is 20.2 Å². The average Bonchev–Trinajstić information content (AvgIpc) is 3.58.